The summed E-state index contributed by atoms with van der Waals surface area (Å²) < 4.78 is 0. The second-order valence-electron chi connectivity index (χ2n) is 4.67. The van der Waals surface area contributed by atoms with Gasteiger partial charge in [-0.2, -0.15) is 0 Å². The quantitative estimate of drug-likeness (QED) is 0.718. The van der Waals surface area contributed by atoms with Crippen LogP contribution in [-0.4, -0.2) is 35.9 Å². The van der Waals surface area contributed by atoms with Crippen LogP contribution < -0.4 is 16.0 Å². The van der Waals surface area contributed by atoms with E-state index in [-0.39, 0.29) is 23.0 Å². The minimum Gasteiger partial charge on any atom is -0.373 e. The molecule has 6 nitrogen and oxygen atoms in total. The fraction of sp³-hybridized carbons (Fsp3) is 0.462. The average molecular weight is 299 g/mol. The molecule has 1 aromatic rings. The number of halogens is 1. The normalized spacial score (nSPS) is 11.9. The van der Waals surface area contributed by atoms with Gasteiger partial charge in [0.1, 0.15) is 17.0 Å². The van der Waals surface area contributed by atoms with Crippen LogP contribution in [0.1, 0.15) is 31.1 Å². The number of carbonyl (C=O) groups is 2. The maximum Gasteiger partial charge on any atom is 0.252 e. The van der Waals surface area contributed by atoms with E-state index >= 15 is 0 Å². The summed E-state index contributed by atoms with van der Waals surface area (Å²) in [4.78, 5) is 27.8. The number of nitrogens with one attached hydrogen (secondary N) is 3. The van der Waals surface area contributed by atoms with Crippen molar-refractivity contribution < 1.29 is 9.59 Å². The molecule has 0 spiro atoms. The van der Waals surface area contributed by atoms with E-state index in [0.29, 0.717) is 11.4 Å². The molecule has 1 atom stereocenters. The van der Waals surface area contributed by atoms with Gasteiger partial charge in [0.2, 0.25) is 5.91 Å². The first-order valence-electron chi connectivity index (χ1n) is 6.30. The van der Waals surface area contributed by atoms with E-state index in [4.69, 9.17) is 11.6 Å². The first-order valence-corrected chi connectivity index (χ1v) is 6.68. The number of pyridine rings is 1. The lowest BCUT2D eigenvalue weighted by atomic mass is 10.2. The zero-order valence-corrected chi connectivity index (χ0v) is 12.7. The second kappa shape index (κ2) is 7.09. The van der Waals surface area contributed by atoms with E-state index < -0.39 is 6.04 Å². The van der Waals surface area contributed by atoms with Gasteiger partial charge in [-0.05, 0) is 32.9 Å². The van der Waals surface area contributed by atoms with Crippen molar-refractivity contribution in [3.8, 4) is 0 Å². The molecule has 1 unspecified atom stereocenters. The lowest BCUT2D eigenvalue weighted by molar-refractivity contribution is -0.123. The van der Waals surface area contributed by atoms with Crippen LogP contribution in [0.3, 0.4) is 0 Å². The highest BCUT2D eigenvalue weighted by Gasteiger charge is 2.17. The summed E-state index contributed by atoms with van der Waals surface area (Å²) in [6.45, 7) is 5.33. The number of aromatic nitrogens is 1. The van der Waals surface area contributed by atoms with E-state index in [1.165, 1.54) is 6.07 Å². The SMILES string of the molecule is CNc1cc(C(=O)NC(C)C(=O)NC(C)C)cc(Cl)n1. The van der Waals surface area contributed by atoms with Crippen molar-refractivity contribution in [2.24, 2.45) is 0 Å². The molecule has 110 valence electrons. The molecular formula is C13H19ClN4O2. The molecule has 0 saturated carbocycles. The van der Waals surface area contributed by atoms with Crippen LogP contribution in [-0.2, 0) is 4.79 Å². The standard InChI is InChI=1S/C13H19ClN4O2/c1-7(2)16-12(19)8(3)17-13(20)9-5-10(14)18-11(6-9)15-4/h5-8H,1-4H3,(H,15,18)(H,16,19)(H,17,20). The van der Waals surface area contributed by atoms with Gasteiger partial charge >= 0.3 is 0 Å². The van der Waals surface area contributed by atoms with Crippen molar-refractivity contribution >= 4 is 29.2 Å². The zero-order chi connectivity index (χ0) is 15.3. The van der Waals surface area contributed by atoms with Crippen molar-refractivity contribution in [1.82, 2.24) is 15.6 Å². The number of rotatable bonds is 5. The Labute approximate surface area is 123 Å². The smallest absolute Gasteiger partial charge is 0.252 e. The number of hydrogen-bond donors (Lipinski definition) is 3. The fourth-order valence-electron chi connectivity index (χ4n) is 1.51. The summed E-state index contributed by atoms with van der Waals surface area (Å²) in [6.07, 6.45) is 0. The molecule has 0 saturated heterocycles. The number of carbonyl (C=O) groups excluding carboxylic acids is 2. The minimum atomic E-state index is -0.630. The van der Waals surface area contributed by atoms with E-state index in [9.17, 15) is 9.59 Å². The van der Waals surface area contributed by atoms with Crippen LogP contribution in [0.5, 0.6) is 0 Å². The van der Waals surface area contributed by atoms with Crippen LogP contribution >= 0.6 is 11.6 Å². The van der Waals surface area contributed by atoms with Gasteiger partial charge in [-0.3, -0.25) is 9.59 Å². The van der Waals surface area contributed by atoms with Crippen LogP contribution in [0, 0.1) is 0 Å². The first kappa shape index (κ1) is 16.2. The van der Waals surface area contributed by atoms with Crippen molar-refractivity contribution in [1.29, 1.82) is 0 Å². The molecule has 0 radical (unpaired) electrons. The Morgan fingerprint density at radius 3 is 2.40 bits per heavy atom. The molecule has 1 rings (SSSR count). The summed E-state index contributed by atoms with van der Waals surface area (Å²) in [5, 5.41) is 8.36. The lowest BCUT2D eigenvalue weighted by Crippen LogP contribution is -2.46. The van der Waals surface area contributed by atoms with E-state index in [0.717, 1.165) is 0 Å². The van der Waals surface area contributed by atoms with E-state index in [2.05, 4.69) is 20.9 Å². The Morgan fingerprint density at radius 2 is 1.85 bits per heavy atom. The highest BCUT2D eigenvalue weighted by atomic mass is 35.5. The largest absolute Gasteiger partial charge is 0.373 e. The molecule has 0 aliphatic rings. The monoisotopic (exact) mass is 298 g/mol. The molecule has 2 amide bonds. The Bertz CT molecular complexity index is 505. The van der Waals surface area contributed by atoms with Gasteiger partial charge in [-0.25, -0.2) is 4.98 Å². The lowest BCUT2D eigenvalue weighted by Gasteiger charge is -2.16. The Kier molecular flexibility index (Phi) is 5.76. The summed E-state index contributed by atoms with van der Waals surface area (Å²) in [5.41, 5.74) is 0.346. The molecule has 1 aromatic heterocycles. The van der Waals surface area contributed by atoms with Crippen LogP contribution in [0.15, 0.2) is 12.1 Å². The van der Waals surface area contributed by atoms with Gasteiger partial charge in [-0.15, -0.1) is 0 Å². The van der Waals surface area contributed by atoms with Crippen LogP contribution in [0.25, 0.3) is 0 Å². The third-order valence-corrected chi connectivity index (χ3v) is 2.68. The van der Waals surface area contributed by atoms with Gasteiger partial charge in [0.15, 0.2) is 0 Å². The Balaban J connectivity index is 2.76. The van der Waals surface area contributed by atoms with Crippen molar-refractivity contribution in [2.45, 2.75) is 32.9 Å². The Hall–Kier alpha value is -1.82. The first-order chi connectivity index (χ1) is 9.33. The Morgan fingerprint density at radius 1 is 1.20 bits per heavy atom. The predicted molar refractivity (Wildman–Crippen MR) is 79.0 cm³/mol. The molecule has 0 aliphatic heterocycles. The molecule has 20 heavy (non-hydrogen) atoms. The minimum absolute atomic E-state index is 0.0214. The highest BCUT2D eigenvalue weighted by molar-refractivity contribution is 6.29. The number of amides is 2. The fourth-order valence-corrected chi connectivity index (χ4v) is 1.72. The van der Waals surface area contributed by atoms with E-state index in [1.54, 1.807) is 20.0 Å². The van der Waals surface area contributed by atoms with Crippen LogP contribution in [0.4, 0.5) is 5.82 Å². The molecule has 0 fully saturated rings. The topological polar surface area (TPSA) is 83.1 Å². The molecule has 0 aliphatic carbocycles. The maximum atomic E-state index is 12.1. The zero-order valence-electron chi connectivity index (χ0n) is 12.0. The molecule has 1 heterocycles. The third-order valence-electron chi connectivity index (χ3n) is 2.48. The predicted octanol–water partition coefficient (Wildman–Crippen LogP) is 1.42. The molecule has 0 aromatic carbocycles. The van der Waals surface area contributed by atoms with Gasteiger partial charge < -0.3 is 16.0 Å². The van der Waals surface area contributed by atoms with Crippen molar-refractivity contribution in [3.05, 3.63) is 22.8 Å². The van der Waals surface area contributed by atoms with Crippen molar-refractivity contribution in [2.75, 3.05) is 12.4 Å². The van der Waals surface area contributed by atoms with Crippen LogP contribution in [0.2, 0.25) is 5.15 Å². The summed E-state index contributed by atoms with van der Waals surface area (Å²) >= 11 is 5.83. The highest BCUT2D eigenvalue weighted by Crippen LogP contribution is 2.14. The number of nitrogens with zero attached hydrogens (tertiary/aromatic N) is 1. The average Bonchev–Trinajstić information content (AvgIpc) is 2.36. The van der Waals surface area contributed by atoms with Crippen molar-refractivity contribution in [3.63, 3.8) is 0 Å². The maximum absolute atomic E-state index is 12.1. The molecule has 0 bridgehead atoms. The molecule has 7 heteroatoms. The summed E-state index contributed by atoms with van der Waals surface area (Å²) in [6, 6.07) is 2.40. The molecular weight excluding hydrogens is 280 g/mol. The molecule has 3 N–H and O–H groups in total. The van der Waals surface area contributed by atoms with Gasteiger partial charge in [0.25, 0.3) is 5.91 Å². The summed E-state index contributed by atoms with van der Waals surface area (Å²) in [5.74, 6) is -0.124. The number of hydrogen-bond acceptors (Lipinski definition) is 4. The number of anilines is 1. The second-order valence-corrected chi connectivity index (χ2v) is 5.06. The third kappa shape index (κ3) is 4.70. The van der Waals surface area contributed by atoms with Gasteiger partial charge in [-0.1, -0.05) is 11.6 Å². The van der Waals surface area contributed by atoms with E-state index in [1.807, 2.05) is 13.8 Å². The van der Waals surface area contributed by atoms with Gasteiger partial charge in [0, 0.05) is 18.7 Å². The van der Waals surface area contributed by atoms with Gasteiger partial charge in [0.05, 0.1) is 0 Å². The summed E-state index contributed by atoms with van der Waals surface area (Å²) in [7, 11) is 1.68.